The molecule has 0 bridgehead atoms. The smallest absolute Gasteiger partial charge is 0.312 e. The highest BCUT2D eigenvalue weighted by Gasteiger charge is 2.59. The van der Waals surface area contributed by atoms with Crippen LogP contribution in [0.1, 0.15) is 69.9 Å². The molecule has 124 valence electrons. The lowest BCUT2D eigenvalue weighted by Gasteiger charge is -2.51. The van der Waals surface area contributed by atoms with Crippen molar-refractivity contribution in [3.8, 4) is 0 Å². The molecular formula is C19H25NO3. The van der Waals surface area contributed by atoms with Crippen molar-refractivity contribution in [3.05, 3.63) is 35.4 Å². The Kier molecular flexibility index (Phi) is 3.95. The van der Waals surface area contributed by atoms with Gasteiger partial charge in [-0.15, -0.1) is 0 Å². The van der Waals surface area contributed by atoms with Gasteiger partial charge in [0.25, 0.3) is 0 Å². The van der Waals surface area contributed by atoms with Gasteiger partial charge in [-0.25, -0.2) is 0 Å². The molecule has 0 saturated heterocycles. The van der Waals surface area contributed by atoms with E-state index in [-0.39, 0.29) is 11.9 Å². The van der Waals surface area contributed by atoms with Gasteiger partial charge in [0.1, 0.15) is 5.71 Å². The van der Waals surface area contributed by atoms with Crippen LogP contribution in [0.4, 0.5) is 0 Å². The average molecular weight is 315 g/mol. The molecule has 2 aliphatic rings. The quantitative estimate of drug-likeness (QED) is 0.476. The number of rotatable bonds is 1. The fourth-order valence-corrected chi connectivity index (χ4v) is 3.80. The van der Waals surface area contributed by atoms with Crippen molar-refractivity contribution in [3.63, 3.8) is 0 Å². The van der Waals surface area contributed by atoms with E-state index in [4.69, 9.17) is 4.74 Å². The Bertz CT molecular complexity index is 644. The molecule has 0 aromatic heterocycles. The van der Waals surface area contributed by atoms with Crippen molar-refractivity contribution in [1.82, 2.24) is 0 Å². The number of hydrogen-bond acceptors (Lipinski definition) is 4. The minimum absolute atomic E-state index is 0.0937. The van der Waals surface area contributed by atoms with Crippen LogP contribution in [0.3, 0.4) is 0 Å². The maximum atomic E-state index is 12.6. The summed E-state index contributed by atoms with van der Waals surface area (Å²) in [4.78, 5) is 12.6. The molecule has 4 heteroatoms. The van der Waals surface area contributed by atoms with Crippen LogP contribution in [0, 0.1) is 5.41 Å². The van der Waals surface area contributed by atoms with Gasteiger partial charge < -0.3 is 9.94 Å². The summed E-state index contributed by atoms with van der Waals surface area (Å²) in [6.07, 6.45) is 4.79. The monoisotopic (exact) mass is 315 g/mol. The zero-order chi connectivity index (χ0) is 16.7. The molecule has 1 aromatic rings. The summed E-state index contributed by atoms with van der Waals surface area (Å²) in [5.41, 5.74) is 1.33. The number of carbonyl (C=O) groups excluding carboxylic acids is 1. The van der Waals surface area contributed by atoms with E-state index in [9.17, 15) is 10.0 Å². The van der Waals surface area contributed by atoms with E-state index < -0.39 is 11.0 Å². The maximum absolute atomic E-state index is 12.6. The van der Waals surface area contributed by atoms with Gasteiger partial charge in [0.05, 0.1) is 5.41 Å². The van der Waals surface area contributed by atoms with Crippen LogP contribution in [-0.4, -0.2) is 16.9 Å². The van der Waals surface area contributed by atoms with E-state index in [1.54, 1.807) is 0 Å². The second-order valence-electron chi connectivity index (χ2n) is 7.66. The third-order valence-electron chi connectivity index (χ3n) is 5.05. The molecule has 1 aromatic carbocycles. The van der Waals surface area contributed by atoms with Crippen LogP contribution in [-0.2, 0) is 15.1 Å². The first-order valence-electron chi connectivity index (χ1n) is 8.45. The van der Waals surface area contributed by atoms with Crippen molar-refractivity contribution in [2.75, 3.05) is 0 Å². The summed E-state index contributed by atoms with van der Waals surface area (Å²) >= 11 is 0. The Hall–Kier alpha value is -1.84. The molecule has 0 radical (unpaired) electrons. The Labute approximate surface area is 137 Å². The maximum Gasteiger partial charge on any atom is 0.312 e. The molecule has 0 aliphatic heterocycles. The highest BCUT2D eigenvalue weighted by atomic mass is 16.6. The Morgan fingerprint density at radius 1 is 1.26 bits per heavy atom. The fourth-order valence-electron chi connectivity index (χ4n) is 3.80. The highest BCUT2D eigenvalue weighted by molar-refractivity contribution is 5.99. The lowest BCUT2D eigenvalue weighted by atomic mass is 9.58. The van der Waals surface area contributed by atoms with E-state index in [1.165, 1.54) is 5.56 Å². The summed E-state index contributed by atoms with van der Waals surface area (Å²) in [6, 6.07) is 8.06. The molecule has 3 rings (SSSR count). The zero-order valence-corrected chi connectivity index (χ0v) is 14.1. The van der Waals surface area contributed by atoms with Crippen LogP contribution in [0.25, 0.3) is 0 Å². The lowest BCUT2D eigenvalue weighted by molar-refractivity contribution is -0.169. The van der Waals surface area contributed by atoms with Crippen molar-refractivity contribution in [2.24, 2.45) is 10.6 Å². The van der Waals surface area contributed by atoms with Gasteiger partial charge in [-0.2, -0.15) is 0 Å². The number of hydrogen-bond donors (Lipinski definition) is 1. The molecular weight excluding hydrogens is 290 g/mol. The molecule has 2 unspecified atom stereocenters. The second kappa shape index (κ2) is 5.66. The molecule has 0 spiro atoms. The normalized spacial score (nSPS) is 28.8. The van der Waals surface area contributed by atoms with Crippen LogP contribution in [0.2, 0.25) is 0 Å². The number of oxime groups is 1. The Morgan fingerprint density at radius 2 is 2.00 bits per heavy atom. The number of ether oxygens (including phenoxy) is 1. The van der Waals surface area contributed by atoms with Crippen molar-refractivity contribution in [2.45, 2.75) is 64.4 Å². The topological polar surface area (TPSA) is 58.9 Å². The SMILES string of the molecule is CC(C)(C)C(=O)OC12/C(=N/O)CCCCCC1c1ccccc12. The van der Waals surface area contributed by atoms with Crippen molar-refractivity contribution < 1.29 is 14.7 Å². The Balaban J connectivity index is 2.10. The number of benzene rings is 1. The summed E-state index contributed by atoms with van der Waals surface area (Å²) < 4.78 is 6.08. The van der Waals surface area contributed by atoms with Gasteiger partial charge in [-0.1, -0.05) is 42.3 Å². The van der Waals surface area contributed by atoms with Crippen LogP contribution in [0.15, 0.2) is 29.4 Å². The first kappa shape index (κ1) is 16.0. The molecule has 2 atom stereocenters. The number of fused-ring (bicyclic) bond motifs is 4. The van der Waals surface area contributed by atoms with Gasteiger partial charge >= 0.3 is 5.97 Å². The molecule has 23 heavy (non-hydrogen) atoms. The van der Waals surface area contributed by atoms with Crippen molar-refractivity contribution in [1.29, 1.82) is 0 Å². The molecule has 0 amide bonds. The Morgan fingerprint density at radius 3 is 2.70 bits per heavy atom. The molecule has 1 N–H and O–H groups in total. The number of nitrogens with zero attached hydrogens (tertiary/aromatic N) is 1. The van der Waals surface area contributed by atoms with Crippen LogP contribution < -0.4 is 0 Å². The molecule has 1 saturated carbocycles. The summed E-state index contributed by atoms with van der Waals surface area (Å²) in [5.74, 6) is -0.157. The van der Waals surface area contributed by atoms with Crippen molar-refractivity contribution >= 4 is 11.7 Å². The minimum Gasteiger partial charge on any atom is -0.447 e. The standard InChI is InChI=1S/C19H25NO3/c1-18(2,3)17(21)23-19-14(13-9-7-8-11-15(13)19)10-5-4-6-12-16(19)20-22/h7-9,11,14,22H,4-6,10,12H2,1-3H3/b20-16+. The highest BCUT2D eigenvalue weighted by Crippen LogP contribution is 2.57. The molecule has 4 nitrogen and oxygen atoms in total. The zero-order valence-electron chi connectivity index (χ0n) is 14.1. The van der Waals surface area contributed by atoms with Gasteiger partial charge in [0.15, 0.2) is 5.60 Å². The van der Waals surface area contributed by atoms with Gasteiger partial charge in [0, 0.05) is 11.5 Å². The summed E-state index contributed by atoms with van der Waals surface area (Å²) in [6.45, 7) is 5.55. The third-order valence-corrected chi connectivity index (χ3v) is 5.05. The van der Waals surface area contributed by atoms with E-state index in [0.717, 1.165) is 31.2 Å². The first-order chi connectivity index (χ1) is 10.9. The van der Waals surface area contributed by atoms with Gasteiger partial charge in [-0.3, -0.25) is 4.79 Å². The lowest BCUT2D eigenvalue weighted by Crippen LogP contribution is -2.54. The molecule has 2 aliphatic carbocycles. The number of esters is 1. The predicted molar refractivity (Wildman–Crippen MR) is 88.7 cm³/mol. The average Bonchev–Trinajstić information content (AvgIpc) is 2.49. The molecule has 0 heterocycles. The van der Waals surface area contributed by atoms with Crippen LogP contribution in [0.5, 0.6) is 0 Å². The minimum atomic E-state index is -0.879. The number of carbonyl (C=O) groups is 1. The van der Waals surface area contributed by atoms with Crippen LogP contribution >= 0.6 is 0 Å². The van der Waals surface area contributed by atoms with E-state index in [2.05, 4.69) is 11.2 Å². The van der Waals surface area contributed by atoms with Gasteiger partial charge in [-0.05, 0) is 45.6 Å². The van der Waals surface area contributed by atoms with Gasteiger partial charge in [0.2, 0.25) is 0 Å². The molecule has 1 fully saturated rings. The second-order valence-corrected chi connectivity index (χ2v) is 7.66. The van der Waals surface area contributed by atoms with E-state index in [0.29, 0.717) is 12.1 Å². The first-order valence-corrected chi connectivity index (χ1v) is 8.45. The summed E-state index contributed by atoms with van der Waals surface area (Å²) in [5, 5.41) is 13.2. The third kappa shape index (κ3) is 2.44. The van der Waals surface area contributed by atoms with E-state index >= 15 is 0 Å². The van der Waals surface area contributed by atoms with E-state index in [1.807, 2.05) is 39.0 Å². The summed E-state index contributed by atoms with van der Waals surface area (Å²) in [7, 11) is 0. The predicted octanol–water partition coefficient (Wildman–Crippen LogP) is 4.36. The fraction of sp³-hybridized carbons (Fsp3) is 0.579. The largest absolute Gasteiger partial charge is 0.447 e.